The average molecular weight is 196 g/mol. The standard InChI is InChI=1S/C9H16N4O/c10-9-11-7-13(12-9)4-1-8-2-5-14-6-3-8/h7-8H,1-6H2,(H2,10,12). The minimum atomic E-state index is 0.358. The van der Waals surface area contributed by atoms with Crippen molar-refractivity contribution in [2.24, 2.45) is 5.92 Å². The van der Waals surface area contributed by atoms with E-state index in [1.54, 1.807) is 6.33 Å². The van der Waals surface area contributed by atoms with Crippen LogP contribution in [0.1, 0.15) is 19.3 Å². The Balaban J connectivity index is 1.76. The highest BCUT2D eigenvalue weighted by Gasteiger charge is 2.13. The van der Waals surface area contributed by atoms with Gasteiger partial charge < -0.3 is 10.5 Å². The summed E-state index contributed by atoms with van der Waals surface area (Å²) >= 11 is 0. The maximum atomic E-state index is 5.42. The van der Waals surface area contributed by atoms with Crippen LogP contribution in [0, 0.1) is 5.92 Å². The number of aryl methyl sites for hydroxylation is 1. The van der Waals surface area contributed by atoms with Gasteiger partial charge in [0, 0.05) is 19.8 Å². The Bertz CT molecular complexity index is 280. The van der Waals surface area contributed by atoms with Gasteiger partial charge in [0.1, 0.15) is 6.33 Å². The van der Waals surface area contributed by atoms with Crippen molar-refractivity contribution in [3.05, 3.63) is 6.33 Å². The van der Waals surface area contributed by atoms with Crippen molar-refractivity contribution in [2.75, 3.05) is 18.9 Å². The molecule has 2 heterocycles. The number of rotatable bonds is 3. The van der Waals surface area contributed by atoms with Gasteiger partial charge in [0.25, 0.3) is 0 Å². The van der Waals surface area contributed by atoms with Crippen molar-refractivity contribution in [1.82, 2.24) is 14.8 Å². The van der Waals surface area contributed by atoms with Crippen LogP contribution in [-0.2, 0) is 11.3 Å². The lowest BCUT2D eigenvalue weighted by Crippen LogP contribution is -2.17. The third kappa shape index (κ3) is 2.45. The number of aromatic nitrogens is 3. The summed E-state index contributed by atoms with van der Waals surface area (Å²) in [6.07, 6.45) is 5.18. The normalized spacial score (nSPS) is 18.6. The van der Waals surface area contributed by atoms with Crippen molar-refractivity contribution >= 4 is 5.95 Å². The van der Waals surface area contributed by atoms with Crippen molar-refractivity contribution in [1.29, 1.82) is 0 Å². The molecule has 0 bridgehead atoms. The Labute approximate surface area is 83.3 Å². The molecule has 78 valence electrons. The fourth-order valence-corrected chi connectivity index (χ4v) is 1.77. The summed E-state index contributed by atoms with van der Waals surface area (Å²) in [6.45, 7) is 2.73. The fourth-order valence-electron chi connectivity index (χ4n) is 1.77. The van der Waals surface area contributed by atoms with Crippen molar-refractivity contribution in [3.8, 4) is 0 Å². The van der Waals surface area contributed by atoms with Gasteiger partial charge in [-0.05, 0) is 25.2 Å². The number of nitrogen functional groups attached to an aromatic ring is 1. The van der Waals surface area contributed by atoms with Gasteiger partial charge in [0.2, 0.25) is 5.95 Å². The van der Waals surface area contributed by atoms with E-state index < -0.39 is 0 Å². The monoisotopic (exact) mass is 196 g/mol. The SMILES string of the molecule is Nc1ncn(CCC2CCOCC2)n1. The molecule has 0 spiro atoms. The van der Waals surface area contributed by atoms with E-state index in [2.05, 4.69) is 10.1 Å². The molecule has 0 radical (unpaired) electrons. The van der Waals surface area contributed by atoms with E-state index in [-0.39, 0.29) is 0 Å². The Morgan fingerprint density at radius 3 is 2.93 bits per heavy atom. The fraction of sp³-hybridized carbons (Fsp3) is 0.778. The number of ether oxygens (including phenoxy) is 1. The predicted octanol–water partition coefficient (Wildman–Crippen LogP) is 0.677. The van der Waals surface area contributed by atoms with Gasteiger partial charge in [-0.15, -0.1) is 5.10 Å². The van der Waals surface area contributed by atoms with Crippen LogP contribution in [-0.4, -0.2) is 28.0 Å². The Morgan fingerprint density at radius 1 is 1.50 bits per heavy atom. The molecule has 1 aliphatic heterocycles. The van der Waals surface area contributed by atoms with Crippen LogP contribution in [0.2, 0.25) is 0 Å². The first-order valence-electron chi connectivity index (χ1n) is 5.07. The highest BCUT2D eigenvalue weighted by Crippen LogP contribution is 2.18. The lowest BCUT2D eigenvalue weighted by atomic mass is 9.97. The molecular weight excluding hydrogens is 180 g/mol. The molecule has 1 aromatic rings. The molecule has 2 rings (SSSR count). The lowest BCUT2D eigenvalue weighted by molar-refractivity contribution is 0.0623. The molecule has 0 atom stereocenters. The van der Waals surface area contributed by atoms with E-state index in [9.17, 15) is 0 Å². The summed E-state index contributed by atoms with van der Waals surface area (Å²) in [5.74, 6) is 1.13. The molecule has 14 heavy (non-hydrogen) atoms. The molecule has 1 aliphatic rings. The molecular formula is C9H16N4O. The van der Waals surface area contributed by atoms with Crippen molar-refractivity contribution in [2.45, 2.75) is 25.8 Å². The molecule has 2 N–H and O–H groups in total. The maximum Gasteiger partial charge on any atom is 0.239 e. The van der Waals surface area contributed by atoms with Gasteiger partial charge in [0.05, 0.1) is 0 Å². The largest absolute Gasteiger partial charge is 0.381 e. The van der Waals surface area contributed by atoms with Crippen LogP contribution in [0.25, 0.3) is 0 Å². The van der Waals surface area contributed by atoms with Gasteiger partial charge in [-0.3, -0.25) is 4.68 Å². The molecule has 1 aromatic heterocycles. The lowest BCUT2D eigenvalue weighted by Gasteiger charge is -2.21. The summed E-state index contributed by atoms with van der Waals surface area (Å²) in [4.78, 5) is 3.89. The summed E-state index contributed by atoms with van der Waals surface area (Å²) in [7, 11) is 0. The Hall–Kier alpha value is -1.10. The summed E-state index contributed by atoms with van der Waals surface area (Å²) < 4.78 is 7.11. The van der Waals surface area contributed by atoms with Gasteiger partial charge >= 0.3 is 0 Å². The van der Waals surface area contributed by atoms with Gasteiger partial charge in [-0.2, -0.15) is 0 Å². The molecule has 0 aromatic carbocycles. The van der Waals surface area contributed by atoms with Crippen LogP contribution < -0.4 is 5.73 Å². The van der Waals surface area contributed by atoms with Gasteiger partial charge in [-0.1, -0.05) is 0 Å². The van der Waals surface area contributed by atoms with E-state index in [1.165, 1.54) is 12.8 Å². The Morgan fingerprint density at radius 2 is 2.29 bits per heavy atom. The molecule has 0 saturated carbocycles. The van der Waals surface area contributed by atoms with E-state index in [0.29, 0.717) is 5.95 Å². The Kier molecular flexibility index (Phi) is 2.98. The summed E-state index contributed by atoms with van der Waals surface area (Å²) in [6, 6.07) is 0. The van der Waals surface area contributed by atoms with Crippen molar-refractivity contribution in [3.63, 3.8) is 0 Å². The molecule has 5 nitrogen and oxygen atoms in total. The highest BCUT2D eigenvalue weighted by molar-refractivity contribution is 5.09. The number of hydrogen-bond acceptors (Lipinski definition) is 4. The van der Waals surface area contributed by atoms with Crippen molar-refractivity contribution < 1.29 is 4.74 Å². The molecule has 1 saturated heterocycles. The van der Waals surface area contributed by atoms with Crippen LogP contribution in [0.3, 0.4) is 0 Å². The zero-order chi connectivity index (χ0) is 9.80. The second-order valence-corrected chi connectivity index (χ2v) is 3.71. The first-order chi connectivity index (χ1) is 6.84. The minimum absolute atomic E-state index is 0.358. The molecule has 0 aliphatic carbocycles. The third-order valence-electron chi connectivity index (χ3n) is 2.66. The van der Waals surface area contributed by atoms with Crippen LogP contribution in [0.5, 0.6) is 0 Å². The first-order valence-corrected chi connectivity index (χ1v) is 5.07. The van der Waals surface area contributed by atoms with E-state index in [1.807, 2.05) is 4.68 Å². The smallest absolute Gasteiger partial charge is 0.239 e. The molecule has 5 heteroatoms. The average Bonchev–Trinajstić information content (AvgIpc) is 2.63. The summed E-state index contributed by atoms with van der Waals surface area (Å²) in [5, 5.41) is 4.05. The van der Waals surface area contributed by atoms with Gasteiger partial charge in [0.15, 0.2) is 0 Å². The number of hydrogen-bond donors (Lipinski definition) is 1. The first kappa shape index (κ1) is 9.45. The second-order valence-electron chi connectivity index (χ2n) is 3.71. The van der Waals surface area contributed by atoms with E-state index >= 15 is 0 Å². The minimum Gasteiger partial charge on any atom is -0.381 e. The topological polar surface area (TPSA) is 66.0 Å². The highest BCUT2D eigenvalue weighted by atomic mass is 16.5. The molecule has 0 unspecified atom stereocenters. The number of anilines is 1. The zero-order valence-electron chi connectivity index (χ0n) is 8.22. The van der Waals surface area contributed by atoms with Crippen LogP contribution in [0.4, 0.5) is 5.95 Å². The van der Waals surface area contributed by atoms with Crippen LogP contribution in [0.15, 0.2) is 6.33 Å². The zero-order valence-corrected chi connectivity index (χ0v) is 8.22. The van der Waals surface area contributed by atoms with E-state index in [4.69, 9.17) is 10.5 Å². The number of nitrogens with two attached hydrogens (primary N) is 1. The summed E-state index contributed by atoms with van der Waals surface area (Å²) in [5.41, 5.74) is 5.42. The van der Waals surface area contributed by atoms with Gasteiger partial charge in [-0.25, -0.2) is 4.98 Å². The van der Waals surface area contributed by atoms with Crippen LogP contribution >= 0.6 is 0 Å². The maximum absolute atomic E-state index is 5.42. The van der Waals surface area contributed by atoms with E-state index in [0.717, 1.165) is 32.1 Å². The number of nitrogens with zero attached hydrogens (tertiary/aromatic N) is 3. The second kappa shape index (κ2) is 4.41. The molecule has 1 fully saturated rings. The predicted molar refractivity (Wildman–Crippen MR) is 52.6 cm³/mol. The third-order valence-corrected chi connectivity index (χ3v) is 2.66. The molecule has 0 amide bonds. The quantitative estimate of drug-likeness (QED) is 0.772.